The summed E-state index contributed by atoms with van der Waals surface area (Å²) in [7, 11) is 5.25. The molecule has 2 aliphatic carbocycles. The first-order valence-electron chi connectivity index (χ1n) is 11.7. The maximum atomic E-state index is 12.6. The second kappa shape index (κ2) is 8.76. The molecule has 3 aliphatic rings. The Kier molecular flexibility index (Phi) is 5.78. The van der Waals surface area contributed by atoms with Crippen molar-refractivity contribution in [2.75, 3.05) is 27.8 Å². The smallest absolute Gasteiger partial charge is 0.197 e. The number of ketones is 1. The standard InChI is InChI=1S/C19H23NO4.C9H7N/c1-20-7-6-19-10-14(21)16(24-3)9-12(19)13(20)8-11-4-5-15(23-2)18(22)17(11)19;1-2-4-9-7-10-6-5-8(9)3-1/h4-5,9,12-13,22H,6-8,10H2,1-3H3;1-7H/t12-,13+,19-;/m1./s1. The molecule has 2 aromatic carbocycles. The third-order valence-corrected chi connectivity index (χ3v) is 7.75. The Hall–Kier alpha value is -3.38. The highest BCUT2D eigenvalue weighted by Crippen LogP contribution is 2.57. The molecule has 6 rings (SSSR count). The van der Waals surface area contributed by atoms with Gasteiger partial charge in [-0.3, -0.25) is 9.78 Å². The van der Waals surface area contributed by atoms with E-state index in [-0.39, 0.29) is 22.9 Å². The first-order valence-corrected chi connectivity index (χ1v) is 11.7. The third-order valence-electron chi connectivity index (χ3n) is 7.75. The van der Waals surface area contributed by atoms with Gasteiger partial charge in [-0.05, 0) is 61.0 Å². The first kappa shape index (κ1) is 22.4. The molecule has 1 aliphatic heterocycles. The average molecular weight is 459 g/mol. The minimum atomic E-state index is -0.359. The van der Waals surface area contributed by atoms with Crippen LogP contribution < -0.4 is 4.74 Å². The van der Waals surface area contributed by atoms with Crippen molar-refractivity contribution in [1.82, 2.24) is 9.88 Å². The molecular weight excluding hydrogens is 428 g/mol. The molecule has 0 amide bonds. The number of allylic oxidation sites excluding steroid dienone is 1. The Bertz CT molecular complexity index is 1210. The van der Waals surface area contributed by atoms with E-state index in [1.807, 2.05) is 48.8 Å². The van der Waals surface area contributed by atoms with Gasteiger partial charge >= 0.3 is 0 Å². The predicted octanol–water partition coefficient (Wildman–Crippen LogP) is 4.25. The molecule has 1 aromatic heterocycles. The summed E-state index contributed by atoms with van der Waals surface area (Å²) in [6, 6.07) is 14.4. The van der Waals surface area contributed by atoms with Crippen LogP contribution in [0, 0.1) is 5.92 Å². The number of pyridine rings is 1. The zero-order chi connectivity index (χ0) is 23.9. The maximum Gasteiger partial charge on any atom is 0.197 e. The average Bonchev–Trinajstić information content (AvgIpc) is 2.86. The minimum Gasteiger partial charge on any atom is -0.504 e. The van der Waals surface area contributed by atoms with Crippen molar-refractivity contribution >= 4 is 16.6 Å². The number of piperidine rings is 1. The molecule has 6 nitrogen and oxygen atoms in total. The number of aromatic hydroxyl groups is 1. The molecule has 6 heteroatoms. The zero-order valence-electron chi connectivity index (χ0n) is 19.8. The summed E-state index contributed by atoms with van der Waals surface area (Å²) in [6.45, 7) is 0.917. The molecule has 34 heavy (non-hydrogen) atoms. The Labute approximate surface area is 199 Å². The van der Waals surface area contributed by atoms with Gasteiger partial charge in [0.05, 0.1) is 14.2 Å². The number of aromatic nitrogens is 1. The van der Waals surface area contributed by atoms with Crippen LogP contribution in [0.1, 0.15) is 24.0 Å². The van der Waals surface area contributed by atoms with Crippen LogP contribution in [0.3, 0.4) is 0 Å². The molecule has 1 saturated heterocycles. The third kappa shape index (κ3) is 3.53. The van der Waals surface area contributed by atoms with Crippen molar-refractivity contribution in [3.05, 3.63) is 77.8 Å². The summed E-state index contributed by atoms with van der Waals surface area (Å²) in [5.41, 5.74) is 1.68. The molecule has 3 atom stereocenters. The number of Topliss-reactive ketones (excluding diaryl/α,β-unsaturated/α-hetero) is 1. The van der Waals surface area contributed by atoms with Gasteiger partial charge in [-0.15, -0.1) is 0 Å². The first-order chi connectivity index (χ1) is 16.5. The normalized spacial score (nSPS) is 25.4. The van der Waals surface area contributed by atoms with E-state index < -0.39 is 0 Å². The van der Waals surface area contributed by atoms with Crippen LogP contribution >= 0.6 is 0 Å². The van der Waals surface area contributed by atoms with Crippen molar-refractivity contribution in [2.45, 2.75) is 30.7 Å². The van der Waals surface area contributed by atoms with E-state index >= 15 is 0 Å². The fourth-order valence-electron chi connectivity index (χ4n) is 6.06. The van der Waals surface area contributed by atoms with Crippen molar-refractivity contribution in [3.63, 3.8) is 0 Å². The number of methoxy groups -OCH3 is 2. The number of carbonyl (C=O) groups excluding carboxylic acids is 1. The van der Waals surface area contributed by atoms with Crippen LogP contribution in [-0.2, 0) is 21.4 Å². The van der Waals surface area contributed by atoms with Gasteiger partial charge in [-0.2, -0.15) is 0 Å². The molecule has 0 saturated carbocycles. The molecule has 0 radical (unpaired) electrons. The SMILES string of the molecule is COC1=C[C@@H]2[C@@H]3Cc4ccc(OC)c(O)c4[C@]2(CCN3C)CC1=O.c1ccc2cnccc2c1. The lowest BCUT2D eigenvalue weighted by molar-refractivity contribution is -0.122. The summed E-state index contributed by atoms with van der Waals surface area (Å²) in [4.78, 5) is 19.0. The summed E-state index contributed by atoms with van der Waals surface area (Å²) in [5, 5.41) is 13.3. The number of phenolic OH excluding ortho intramolecular Hbond substituents is 1. The molecule has 2 bridgehead atoms. The van der Waals surface area contributed by atoms with E-state index in [0.29, 0.717) is 24.0 Å². The van der Waals surface area contributed by atoms with Crippen molar-refractivity contribution < 1.29 is 19.4 Å². The molecule has 2 heterocycles. The van der Waals surface area contributed by atoms with E-state index in [4.69, 9.17) is 9.47 Å². The number of ether oxygens (including phenoxy) is 2. The zero-order valence-corrected chi connectivity index (χ0v) is 19.8. The number of benzene rings is 2. The predicted molar refractivity (Wildman–Crippen MR) is 131 cm³/mol. The highest BCUT2D eigenvalue weighted by Gasteiger charge is 2.56. The number of likely N-dealkylation sites (N-methyl/N-ethyl adjacent to an activating group) is 1. The molecule has 1 N–H and O–H groups in total. The number of rotatable bonds is 2. The molecule has 176 valence electrons. The molecular formula is C28H30N2O4. The van der Waals surface area contributed by atoms with Gasteiger partial charge in [0.15, 0.2) is 23.0 Å². The van der Waals surface area contributed by atoms with Crippen LogP contribution in [0.5, 0.6) is 11.5 Å². The lowest BCUT2D eigenvalue weighted by atomic mass is 9.53. The Balaban J connectivity index is 0.000000200. The minimum absolute atomic E-state index is 0.0205. The van der Waals surface area contributed by atoms with Gasteiger partial charge in [0.1, 0.15) is 0 Å². The molecule has 0 unspecified atom stereocenters. The van der Waals surface area contributed by atoms with Crippen molar-refractivity contribution in [2.24, 2.45) is 5.92 Å². The van der Waals surface area contributed by atoms with E-state index in [2.05, 4.69) is 29.1 Å². The monoisotopic (exact) mass is 458 g/mol. The number of fused-ring (bicyclic) bond motifs is 2. The molecule has 3 aromatic rings. The van der Waals surface area contributed by atoms with E-state index in [1.54, 1.807) is 14.2 Å². The van der Waals surface area contributed by atoms with E-state index in [0.717, 1.165) is 30.5 Å². The fraction of sp³-hybridized carbons (Fsp3) is 0.357. The highest BCUT2D eigenvalue weighted by atomic mass is 16.5. The van der Waals surface area contributed by atoms with Crippen LogP contribution in [-0.4, -0.2) is 54.6 Å². The largest absolute Gasteiger partial charge is 0.504 e. The summed E-state index contributed by atoms with van der Waals surface area (Å²) < 4.78 is 10.6. The molecule has 0 spiro atoms. The van der Waals surface area contributed by atoms with Gasteiger partial charge in [-0.25, -0.2) is 0 Å². The topological polar surface area (TPSA) is 71.9 Å². The second-order valence-corrected chi connectivity index (χ2v) is 9.39. The summed E-state index contributed by atoms with van der Waals surface area (Å²) >= 11 is 0. The quantitative estimate of drug-likeness (QED) is 0.619. The van der Waals surface area contributed by atoms with E-state index in [1.165, 1.54) is 10.8 Å². The van der Waals surface area contributed by atoms with Crippen LogP contribution in [0.2, 0.25) is 0 Å². The Morgan fingerprint density at radius 1 is 1.09 bits per heavy atom. The maximum absolute atomic E-state index is 12.6. The fourth-order valence-corrected chi connectivity index (χ4v) is 6.06. The number of hydrogen-bond acceptors (Lipinski definition) is 6. The second-order valence-electron chi connectivity index (χ2n) is 9.39. The lowest BCUT2D eigenvalue weighted by Crippen LogP contribution is -2.60. The van der Waals surface area contributed by atoms with Crippen molar-refractivity contribution in [3.8, 4) is 11.5 Å². The highest BCUT2D eigenvalue weighted by molar-refractivity contribution is 5.96. The lowest BCUT2D eigenvalue weighted by Gasteiger charge is -2.56. The summed E-state index contributed by atoms with van der Waals surface area (Å²) in [6.07, 6.45) is 7.76. The van der Waals surface area contributed by atoms with E-state index in [9.17, 15) is 9.90 Å². The van der Waals surface area contributed by atoms with Gasteiger partial charge < -0.3 is 19.5 Å². The number of nitrogens with zero attached hydrogens (tertiary/aromatic N) is 2. The van der Waals surface area contributed by atoms with Gasteiger partial charge in [0.2, 0.25) is 0 Å². The van der Waals surface area contributed by atoms with Crippen molar-refractivity contribution in [1.29, 1.82) is 0 Å². The number of hydrogen-bond donors (Lipinski definition) is 1. The molecule has 1 fully saturated rings. The van der Waals surface area contributed by atoms with Crippen LogP contribution in [0.4, 0.5) is 0 Å². The Morgan fingerprint density at radius 2 is 1.88 bits per heavy atom. The van der Waals surface area contributed by atoms with Gasteiger partial charge in [0.25, 0.3) is 0 Å². The summed E-state index contributed by atoms with van der Waals surface area (Å²) in [5.74, 6) is 1.32. The Morgan fingerprint density at radius 3 is 2.62 bits per heavy atom. The number of phenols is 1. The van der Waals surface area contributed by atoms with Crippen LogP contribution in [0.25, 0.3) is 10.8 Å². The number of likely N-dealkylation sites (tertiary alicyclic amines) is 1. The van der Waals surface area contributed by atoms with Crippen LogP contribution in [0.15, 0.2) is 66.7 Å². The van der Waals surface area contributed by atoms with Gasteiger partial charge in [0, 0.05) is 41.8 Å². The number of carbonyl (C=O) groups is 1. The van der Waals surface area contributed by atoms with Gasteiger partial charge in [-0.1, -0.05) is 30.3 Å².